The number of aryl methyl sites for hydroxylation is 1. The second kappa shape index (κ2) is 12.5. The number of nitrogens with zero attached hydrogens (tertiary/aromatic N) is 2. The normalized spacial score (nSPS) is 11.0. The maximum Gasteiger partial charge on any atom is 1.00 e. The van der Waals surface area contributed by atoms with Crippen molar-refractivity contribution >= 4 is 5.91 Å². The van der Waals surface area contributed by atoms with Crippen molar-refractivity contribution in [1.82, 2.24) is 15.0 Å². The molecule has 0 fully saturated rings. The molecule has 39 heavy (non-hydrogen) atoms. The third-order valence-electron chi connectivity index (χ3n) is 6.31. The van der Waals surface area contributed by atoms with Crippen LogP contribution in [0.1, 0.15) is 36.1 Å². The molecule has 0 spiro atoms. The van der Waals surface area contributed by atoms with E-state index in [-0.39, 0.29) is 42.0 Å². The molecular formula is C29H30N3NaO6. The van der Waals surface area contributed by atoms with Gasteiger partial charge in [0.15, 0.2) is 11.3 Å². The van der Waals surface area contributed by atoms with Crippen molar-refractivity contribution in [3.63, 3.8) is 0 Å². The van der Waals surface area contributed by atoms with Gasteiger partial charge in [0, 0.05) is 13.6 Å². The second-order valence-corrected chi connectivity index (χ2v) is 9.48. The molecule has 1 aromatic heterocycles. The fourth-order valence-corrected chi connectivity index (χ4v) is 4.18. The van der Waals surface area contributed by atoms with E-state index in [9.17, 15) is 14.4 Å². The monoisotopic (exact) mass is 539 g/mol. The van der Waals surface area contributed by atoms with E-state index < -0.39 is 17.0 Å². The molecular weight excluding hydrogens is 509 g/mol. The van der Waals surface area contributed by atoms with Crippen LogP contribution in [0.15, 0.2) is 74.8 Å². The van der Waals surface area contributed by atoms with Gasteiger partial charge in [-0.1, -0.05) is 36.4 Å². The van der Waals surface area contributed by atoms with Crippen LogP contribution in [0.4, 0.5) is 0 Å². The van der Waals surface area contributed by atoms with Crippen LogP contribution in [0.2, 0.25) is 0 Å². The SMILES string of the molecule is CNC(=O)C(C)(C)Oc1ccc(-c2cccc(COc3ccc(Cn4oc(=O)[n-]c4=O)cc3)c2C)c(C)c1.[Na+]. The number of rotatable bonds is 9. The first-order chi connectivity index (χ1) is 18.1. The number of likely N-dealkylation sites (N-methyl/N-ethyl adjacent to an activating group) is 1. The van der Waals surface area contributed by atoms with E-state index in [2.05, 4.69) is 23.3 Å². The van der Waals surface area contributed by atoms with E-state index >= 15 is 0 Å². The smallest absolute Gasteiger partial charge is 0.489 e. The number of aromatic nitrogens is 2. The van der Waals surface area contributed by atoms with Crippen molar-refractivity contribution in [1.29, 1.82) is 0 Å². The fraction of sp³-hybridized carbons (Fsp3) is 0.276. The second-order valence-electron chi connectivity index (χ2n) is 9.48. The maximum absolute atomic E-state index is 12.1. The zero-order valence-electron chi connectivity index (χ0n) is 23.0. The number of hydrogen-bond donors (Lipinski definition) is 1. The number of nitrogens with one attached hydrogen (secondary N) is 1. The summed E-state index contributed by atoms with van der Waals surface area (Å²) in [5.41, 5.74) is 4.41. The summed E-state index contributed by atoms with van der Waals surface area (Å²) in [4.78, 5) is 38.0. The molecule has 0 bridgehead atoms. The Hall–Kier alpha value is -3.53. The summed E-state index contributed by atoms with van der Waals surface area (Å²) in [7, 11) is 1.59. The van der Waals surface area contributed by atoms with Crippen LogP contribution in [-0.2, 0) is 17.9 Å². The van der Waals surface area contributed by atoms with Crippen LogP contribution in [-0.4, -0.2) is 23.3 Å². The molecule has 198 valence electrons. The third kappa shape index (κ3) is 7.11. The van der Waals surface area contributed by atoms with Crippen molar-refractivity contribution in [3.05, 3.63) is 104 Å². The van der Waals surface area contributed by atoms with Crippen LogP contribution in [0.25, 0.3) is 11.1 Å². The van der Waals surface area contributed by atoms with Crippen LogP contribution in [0.5, 0.6) is 11.5 Å². The number of carbonyl (C=O) groups excluding carboxylic acids is 1. The Morgan fingerprint density at radius 2 is 1.69 bits per heavy atom. The average molecular weight is 540 g/mol. The Morgan fingerprint density at radius 3 is 2.31 bits per heavy atom. The van der Waals surface area contributed by atoms with E-state index in [4.69, 9.17) is 14.0 Å². The Morgan fingerprint density at radius 1 is 1.00 bits per heavy atom. The average Bonchev–Trinajstić information content (AvgIpc) is 3.20. The van der Waals surface area contributed by atoms with Gasteiger partial charge in [0.1, 0.15) is 18.1 Å². The quantitative estimate of drug-likeness (QED) is 0.310. The van der Waals surface area contributed by atoms with Gasteiger partial charge in [0.25, 0.3) is 5.91 Å². The van der Waals surface area contributed by atoms with Crippen LogP contribution in [0, 0.1) is 13.8 Å². The summed E-state index contributed by atoms with van der Waals surface area (Å²) in [6, 6.07) is 19.1. The summed E-state index contributed by atoms with van der Waals surface area (Å²) in [6.45, 7) is 8.04. The topological polar surface area (TPSA) is 114 Å². The van der Waals surface area contributed by atoms with E-state index in [1.807, 2.05) is 37.3 Å². The van der Waals surface area contributed by atoms with Gasteiger partial charge in [0.2, 0.25) is 0 Å². The number of ether oxygens (including phenoxy) is 2. The molecule has 0 saturated heterocycles. The van der Waals surface area contributed by atoms with Gasteiger partial charge >= 0.3 is 35.3 Å². The number of carbonyl (C=O) groups is 1. The van der Waals surface area contributed by atoms with Gasteiger partial charge in [0.05, 0.1) is 0 Å². The van der Waals surface area contributed by atoms with Gasteiger partial charge in [-0.05, 0) is 85.3 Å². The Bertz CT molecular complexity index is 1570. The van der Waals surface area contributed by atoms with Crippen LogP contribution >= 0.6 is 0 Å². The molecule has 0 atom stereocenters. The molecule has 4 aromatic rings. The minimum atomic E-state index is -0.984. The molecule has 0 radical (unpaired) electrons. The first kappa shape index (κ1) is 30.0. The van der Waals surface area contributed by atoms with Gasteiger partial charge < -0.3 is 24.3 Å². The number of amides is 1. The molecule has 3 aromatic carbocycles. The largest absolute Gasteiger partial charge is 1.00 e. The zero-order chi connectivity index (χ0) is 27.4. The number of hydrogen-bond acceptors (Lipinski definition) is 6. The van der Waals surface area contributed by atoms with E-state index in [0.717, 1.165) is 38.1 Å². The summed E-state index contributed by atoms with van der Waals surface area (Å²) in [5.74, 6) is 0.198. The fourth-order valence-electron chi connectivity index (χ4n) is 4.18. The molecule has 1 amide bonds. The zero-order valence-corrected chi connectivity index (χ0v) is 25.0. The molecule has 9 nitrogen and oxygen atoms in total. The third-order valence-corrected chi connectivity index (χ3v) is 6.31. The molecule has 0 unspecified atom stereocenters. The molecule has 1 N–H and O–H groups in total. The van der Waals surface area contributed by atoms with Crippen LogP contribution < -0.4 is 60.8 Å². The van der Waals surface area contributed by atoms with Gasteiger partial charge in [-0.25, -0.2) is 4.79 Å². The van der Waals surface area contributed by atoms with Crippen LogP contribution in [0.3, 0.4) is 0 Å². The van der Waals surface area contributed by atoms with Crippen molar-refractivity contribution in [2.75, 3.05) is 7.05 Å². The Kier molecular flexibility index (Phi) is 9.66. The first-order valence-electron chi connectivity index (χ1n) is 12.1. The summed E-state index contributed by atoms with van der Waals surface area (Å²) < 4.78 is 17.6. The molecule has 0 aliphatic carbocycles. The van der Waals surface area contributed by atoms with Gasteiger partial charge in [-0.15, -0.1) is 0 Å². The van der Waals surface area contributed by atoms with E-state index in [1.165, 1.54) is 0 Å². The van der Waals surface area contributed by atoms with Crippen molar-refractivity contribution in [2.24, 2.45) is 0 Å². The molecule has 0 aliphatic heterocycles. The van der Waals surface area contributed by atoms with Gasteiger partial charge in [-0.3, -0.25) is 14.3 Å². The standard InChI is InChI=1S/C29H31N3O6.Na/c1-18-15-23(37-29(3,4)26(33)30-5)13-14-24(18)25-8-6-7-21(19(25)2)17-36-22-11-9-20(10-12-22)16-32-27(34)31-28(35)38-32;/h6-15H,16-17H2,1-5H3,(H2,30,31,33,34,35);/q;+1/p-1. The van der Waals surface area contributed by atoms with Crippen molar-refractivity contribution in [3.8, 4) is 22.6 Å². The predicted molar refractivity (Wildman–Crippen MR) is 143 cm³/mol. The van der Waals surface area contributed by atoms with Gasteiger partial charge in [-0.2, -0.15) is 0 Å². The van der Waals surface area contributed by atoms with Crippen molar-refractivity contribution < 1.29 is 48.3 Å². The predicted octanol–water partition coefficient (Wildman–Crippen LogP) is 0.577. The summed E-state index contributed by atoms with van der Waals surface area (Å²) >= 11 is 0. The molecule has 1 heterocycles. The van der Waals surface area contributed by atoms with E-state index in [0.29, 0.717) is 18.1 Å². The Balaban J connectivity index is 0.00000420. The minimum Gasteiger partial charge on any atom is -0.489 e. The number of benzene rings is 3. The van der Waals surface area contributed by atoms with Crippen molar-refractivity contribution in [2.45, 2.75) is 46.4 Å². The molecule has 10 heteroatoms. The summed E-state index contributed by atoms with van der Waals surface area (Å²) in [6.07, 6.45) is 0. The minimum absolute atomic E-state index is 0. The summed E-state index contributed by atoms with van der Waals surface area (Å²) in [5, 5.41) is 2.63. The molecule has 0 aliphatic rings. The first-order valence-corrected chi connectivity index (χ1v) is 12.1. The maximum atomic E-state index is 12.1. The molecule has 4 rings (SSSR count). The van der Waals surface area contributed by atoms with E-state index in [1.54, 1.807) is 45.2 Å². The molecule has 0 saturated carbocycles. The Labute approximate surface area is 248 Å².